The summed E-state index contributed by atoms with van der Waals surface area (Å²) in [5.74, 6) is -0.449. The number of halogens is 1. The van der Waals surface area contributed by atoms with E-state index >= 15 is 0 Å². The molecule has 82 valence electrons. The first-order valence-electron chi connectivity index (χ1n) is 4.52. The maximum absolute atomic E-state index is 12.7. The lowest BCUT2D eigenvalue weighted by Crippen LogP contribution is -1.94. The topological polar surface area (TPSA) is 58.6 Å². The average molecular weight is 237 g/mol. The number of aromatic nitrogens is 3. The molecule has 0 aliphatic rings. The molecular formula is C10H8FN3OS. The Kier molecular flexibility index (Phi) is 3.00. The molecule has 0 saturated heterocycles. The van der Waals surface area contributed by atoms with Gasteiger partial charge in [-0.05, 0) is 24.3 Å². The van der Waals surface area contributed by atoms with E-state index in [1.807, 2.05) is 0 Å². The molecule has 1 aromatic heterocycles. The van der Waals surface area contributed by atoms with Crippen molar-refractivity contribution >= 4 is 17.5 Å². The molecule has 2 aromatic rings. The summed E-state index contributed by atoms with van der Waals surface area (Å²) in [6, 6.07) is 5.96. The third-order valence-electron chi connectivity index (χ3n) is 1.88. The van der Waals surface area contributed by atoms with Gasteiger partial charge in [0.25, 0.3) is 0 Å². The van der Waals surface area contributed by atoms with Crippen molar-refractivity contribution in [1.29, 1.82) is 0 Å². The first-order valence-corrected chi connectivity index (χ1v) is 5.33. The van der Waals surface area contributed by atoms with Crippen LogP contribution < -0.4 is 0 Å². The molecule has 0 saturated carbocycles. The Morgan fingerprint density at radius 3 is 2.62 bits per heavy atom. The van der Waals surface area contributed by atoms with Gasteiger partial charge in [-0.15, -0.1) is 5.10 Å². The molecule has 16 heavy (non-hydrogen) atoms. The van der Waals surface area contributed by atoms with E-state index in [0.29, 0.717) is 10.7 Å². The number of hydrogen-bond acceptors (Lipinski definition) is 4. The maximum Gasteiger partial charge on any atom is 0.182 e. The minimum atomic E-state index is -0.295. The minimum Gasteiger partial charge on any atom is -0.293 e. The number of ketones is 1. The second kappa shape index (κ2) is 4.44. The summed E-state index contributed by atoms with van der Waals surface area (Å²) in [7, 11) is 0. The number of benzene rings is 1. The number of aromatic amines is 1. The van der Waals surface area contributed by atoms with Crippen molar-refractivity contribution in [2.75, 3.05) is 0 Å². The van der Waals surface area contributed by atoms with Gasteiger partial charge in [0.05, 0.1) is 0 Å². The lowest BCUT2D eigenvalue weighted by Gasteiger charge is -1.98. The van der Waals surface area contributed by atoms with E-state index in [2.05, 4.69) is 15.4 Å². The predicted octanol–water partition coefficient (Wildman–Crippen LogP) is 2.30. The fraction of sp³-hybridized carbons (Fsp3) is 0.100. The van der Waals surface area contributed by atoms with Crippen molar-refractivity contribution < 1.29 is 9.18 Å². The third kappa shape index (κ3) is 2.27. The van der Waals surface area contributed by atoms with E-state index in [-0.39, 0.29) is 11.6 Å². The van der Waals surface area contributed by atoms with Gasteiger partial charge in [0, 0.05) is 11.8 Å². The zero-order valence-electron chi connectivity index (χ0n) is 8.40. The molecule has 2 rings (SSSR count). The SMILES string of the molecule is CC(=O)c1n[nH]nc1Sc1ccc(F)cc1. The second-order valence-electron chi connectivity index (χ2n) is 3.09. The van der Waals surface area contributed by atoms with Crippen LogP contribution in [0.1, 0.15) is 17.4 Å². The Bertz CT molecular complexity index is 509. The lowest BCUT2D eigenvalue weighted by atomic mass is 10.3. The third-order valence-corrected chi connectivity index (χ3v) is 2.86. The van der Waals surface area contributed by atoms with Gasteiger partial charge in [-0.25, -0.2) is 4.39 Å². The first-order chi connectivity index (χ1) is 7.66. The van der Waals surface area contributed by atoms with Crippen LogP contribution in [0, 0.1) is 5.82 Å². The van der Waals surface area contributed by atoms with E-state index in [0.717, 1.165) is 4.90 Å². The molecule has 0 atom stereocenters. The number of hydrogen-bond donors (Lipinski definition) is 1. The van der Waals surface area contributed by atoms with Crippen molar-refractivity contribution in [1.82, 2.24) is 15.4 Å². The molecule has 0 spiro atoms. The normalized spacial score (nSPS) is 10.4. The molecule has 0 unspecified atom stereocenters. The van der Waals surface area contributed by atoms with Gasteiger partial charge in [-0.2, -0.15) is 10.3 Å². The van der Waals surface area contributed by atoms with Crippen molar-refractivity contribution in [3.8, 4) is 0 Å². The quantitative estimate of drug-likeness (QED) is 0.832. The van der Waals surface area contributed by atoms with Crippen molar-refractivity contribution in [2.24, 2.45) is 0 Å². The highest BCUT2D eigenvalue weighted by molar-refractivity contribution is 7.99. The molecule has 0 radical (unpaired) electrons. The van der Waals surface area contributed by atoms with Crippen molar-refractivity contribution in [3.63, 3.8) is 0 Å². The summed E-state index contributed by atoms with van der Waals surface area (Å²) in [4.78, 5) is 12.0. The van der Waals surface area contributed by atoms with Gasteiger partial charge in [0.1, 0.15) is 5.82 Å². The summed E-state index contributed by atoms with van der Waals surface area (Å²) < 4.78 is 12.7. The smallest absolute Gasteiger partial charge is 0.182 e. The van der Waals surface area contributed by atoms with Gasteiger partial charge >= 0.3 is 0 Å². The number of H-pyrrole nitrogens is 1. The van der Waals surface area contributed by atoms with Crippen LogP contribution in [0.15, 0.2) is 34.2 Å². The molecule has 1 N–H and O–H groups in total. The van der Waals surface area contributed by atoms with Crippen LogP contribution in [0.25, 0.3) is 0 Å². The van der Waals surface area contributed by atoms with E-state index in [9.17, 15) is 9.18 Å². The van der Waals surface area contributed by atoms with Gasteiger partial charge in [-0.1, -0.05) is 11.8 Å². The molecule has 6 heteroatoms. The number of Topliss-reactive ketones (excluding diaryl/α,β-unsaturated/α-hetero) is 1. The van der Waals surface area contributed by atoms with E-state index in [1.165, 1.54) is 30.8 Å². The van der Waals surface area contributed by atoms with Gasteiger partial charge in [0.15, 0.2) is 16.5 Å². The fourth-order valence-electron chi connectivity index (χ4n) is 1.14. The van der Waals surface area contributed by atoms with E-state index < -0.39 is 0 Å². The molecule has 0 bridgehead atoms. The monoisotopic (exact) mass is 237 g/mol. The Balaban J connectivity index is 2.23. The first kappa shape index (κ1) is 10.8. The minimum absolute atomic E-state index is 0.154. The predicted molar refractivity (Wildman–Crippen MR) is 56.9 cm³/mol. The Hall–Kier alpha value is -1.69. The molecule has 4 nitrogen and oxygen atoms in total. The summed E-state index contributed by atoms with van der Waals surface area (Å²) in [6.45, 7) is 1.42. The van der Waals surface area contributed by atoms with Crippen LogP contribution in [0.3, 0.4) is 0 Å². The van der Waals surface area contributed by atoms with Gasteiger partial charge in [0.2, 0.25) is 0 Å². The summed E-state index contributed by atoms with van der Waals surface area (Å²) in [6.07, 6.45) is 0. The summed E-state index contributed by atoms with van der Waals surface area (Å²) in [5.41, 5.74) is 0.300. The zero-order valence-corrected chi connectivity index (χ0v) is 9.21. The Morgan fingerprint density at radius 2 is 2.00 bits per heavy atom. The Labute approximate surface area is 95.3 Å². The second-order valence-corrected chi connectivity index (χ2v) is 4.15. The number of nitrogens with one attached hydrogen (secondary N) is 1. The lowest BCUT2D eigenvalue weighted by molar-refractivity contribution is 0.101. The van der Waals surface area contributed by atoms with Crippen molar-refractivity contribution in [3.05, 3.63) is 35.8 Å². The van der Waals surface area contributed by atoms with Gasteiger partial charge < -0.3 is 0 Å². The zero-order chi connectivity index (χ0) is 11.5. The molecule has 0 aliphatic heterocycles. The average Bonchev–Trinajstić information content (AvgIpc) is 2.69. The van der Waals surface area contributed by atoms with E-state index in [4.69, 9.17) is 0 Å². The molecule has 1 heterocycles. The number of nitrogens with zero attached hydrogens (tertiary/aromatic N) is 2. The molecule has 0 fully saturated rings. The van der Waals surface area contributed by atoms with E-state index in [1.54, 1.807) is 12.1 Å². The highest BCUT2D eigenvalue weighted by Gasteiger charge is 2.13. The van der Waals surface area contributed by atoms with Crippen LogP contribution in [0.4, 0.5) is 4.39 Å². The molecule has 0 amide bonds. The highest BCUT2D eigenvalue weighted by atomic mass is 32.2. The summed E-state index contributed by atoms with van der Waals surface area (Å²) in [5, 5.41) is 10.5. The Morgan fingerprint density at radius 1 is 1.31 bits per heavy atom. The van der Waals surface area contributed by atoms with Crippen molar-refractivity contribution in [2.45, 2.75) is 16.8 Å². The molecule has 1 aromatic carbocycles. The standard InChI is InChI=1S/C10H8FN3OS/c1-6(15)9-10(13-14-12-9)16-8-4-2-7(11)3-5-8/h2-5H,1H3,(H,12,13,14). The number of carbonyl (C=O) groups is 1. The van der Waals surface area contributed by atoms with Crippen LogP contribution in [0.2, 0.25) is 0 Å². The van der Waals surface area contributed by atoms with Gasteiger partial charge in [-0.3, -0.25) is 4.79 Å². The number of carbonyl (C=O) groups excluding carboxylic acids is 1. The van der Waals surface area contributed by atoms with Crippen LogP contribution >= 0.6 is 11.8 Å². The highest BCUT2D eigenvalue weighted by Crippen LogP contribution is 2.27. The van der Waals surface area contributed by atoms with Crippen LogP contribution in [0.5, 0.6) is 0 Å². The fourth-order valence-corrected chi connectivity index (χ4v) is 2.00. The van der Waals surface area contributed by atoms with Crippen LogP contribution in [-0.4, -0.2) is 21.2 Å². The van der Waals surface area contributed by atoms with Crippen LogP contribution in [-0.2, 0) is 0 Å². The molecule has 0 aliphatic carbocycles. The molecular weight excluding hydrogens is 229 g/mol. The number of rotatable bonds is 3. The largest absolute Gasteiger partial charge is 0.293 e. The maximum atomic E-state index is 12.7. The summed E-state index contributed by atoms with van der Waals surface area (Å²) >= 11 is 1.27.